The molecule has 0 bridgehead atoms. The fraction of sp³-hybridized carbons (Fsp3) is 0.800. The summed E-state index contributed by atoms with van der Waals surface area (Å²) in [6.07, 6.45) is -4.12. The van der Waals surface area contributed by atoms with Crippen LogP contribution in [0.1, 0.15) is 6.42 Å². The smallest absolute Gasteiger partial charge is 0.406 e. The van der Waals surface area contributed by atoms with Crippen LogP contribution in [0.5, 0.6) is 0 Å². The van der Waals surface area contributed by atoms with Crippen LogP contribution in [0.3, 0.4) is 0 Å². The molecule has 0 spiro atoms. The second-order valence-corrected chi connectivity index (χ2v) is 4.10. The Bertz CT molecular complexity index is 327. The second kappa shape index (κ2) is 6.60. The van der Waals surface area contributed by atoms with Gasteiger partial charge in [-0.25, -0.2) is 4.79 Å². The maximum atomic E-state index is 12.3. The van der Waals surface area contributed by atoms with Crippen LogP contribution in [0.15, 0.2) is 0 Å². The summed E-state index contributed by atoms with van der Waals surface area (Å²) in [6, 6.07) is -0.926. The van der Waals surface area contributed by atoms with Crippen molar-refractivity contribution in [3.63, 3.8) is 0 Å². The number of alkyl halides is 3. The summed E-state index contributed by atoms with van der Waals surface area (Å²) in [5.41, 5.74) is 0. The Balaban J connectivity index is 2.71. The van der Waals surface area contributed by atoms with Crippen LogP contribution in [0.4, 0.5) is 18.0 Å². The Morgan fingerprint density at radius 1 is 1.26 bits per heavy atom. The van der Waals surface area contributed by atoms with Gasteiger partial charge in [-0.2, -0.15) is 13.2 Å². The fourth-order valence-electron chi connectivity index (χ4n) is 1.71. The van der Waals surface area contributed by atoms with Gasteiger partial charge in [0, 0.05) is 19.7 Å². The molecule has 0 unspecified atom stereocenters. The molecule has 1 heterocycles. The molecule has 0 saturated carbocycles. The topological polar surface area (TPSA) is 70.1 Å². The molecule has 6 nitrogen and oxygen atoms in total. The molecule has 1 aliphatic heterocycles. The highest BCUT2D eigenvalue weighted by Gasteiger charge is 2.35. The maximum absolute atomic E-state index is 12.3. The zero-order valence-electron chi connectivity index (χ0n) is 10.2. The number of carboxylic acid groups (broad SMARTS) is 1. The van der Waals surface area contributed by atoms with Gasteiger partial charge in [-0.3, -0.25) is 4.79 Å². The average Bonchev–Trinajstić information content (AvgIpc) is 2.53. The summed E-state index contributed by atoms with van der Waals surface area (Å²) in [4.78, 5) is 23.9. The molecule has 1 saturated heterocycles. The monoisotopic (exact) mass is 284 g/mol. The molecule has 2 amide bonds. The molecule has 0 aliphatic carbocycles. The zero-order valence-corrected chi connectivity index (χ0v) is 10.2. The minimum Gasteiger partial charge on any atom is -0.480 e. The molecule has 0 radical (unpaired) electrons. The van der Waals surface area contributed by atoms with Crippen LogP contribution in [-0.4, -0.2) is 72.5 Å². The van der Waals surface area contributed by atoms with E-state index in [1.807, 2.05) is 0 Å². The van der Waals surface area contributed by atoms with Gasteiger partial charge in [0.25, 0.3) is 0 Å². The van der Waals surface area contributed by atoms with Crippen LogP contribution in [0.2, 0.25) is 0 Å². The number of ether oxygens (including phenoxy) is 1. The van der Waals surface area contributed by atoms with E-state index in [9.17, 15) is 22.8 Å². The molecule has 1 aliphatic rings. The first-order valence-corrected chi connectivity index (χ1v) is 5.70. The summed E-state index contributed by atoms with van der Waals surface area (Å²) in [5, 5.41) is 8.58. The van der Waals surface area contributed by atoms with Crippen LogP contribution in [-0.2, 0) is 9.53 Å². The van der Waals surface area contributed by atoms with Gasteiger partial charge in [-0.1, -0.05) is 0 Å². The van der Waals surface area contributed by atoms with Crippen LogP contribution >= 0.6 is 0 Å². The van der Waals surface area contributed by atoms with Crippen molar-refractivity contribution in [1.29, 1.82) is 0 Å². The average molecular weight is 284 g/mol. The number of nitrogens with zero attached hydrogens (tertiary/aromatic N) is 2. The molecule has 0 aromatic rings. The number of urea groups is 1. The highest BCUT2D eigenvalue weighted by atomic mass is 19.4. The van der Waals surface area contributed by atoms with Crippen molar-refractivity contribution in [2.45, 2.75) is 12.6 Å². The van der Waals surface area contributed by atoms with Crippen molar-refractivity contribution in [3.8, 4) is 0 Å². The van der Waals surface area contributed by atoms with Gasteiger partial charge in [-0.15, -0.1) is 0 Å². The van der Waals surface area contributed by atoms with Gasteiger partial charge < -0.3 is 19.6 Å². The van der Waals surface area contributed by atoms with E-state index >= 15 is 0 Å². The Morgan fingerprint density at radius 2 is 1.95 bits per heavy atom. The first kappa shape index (κ1) is 15.5. The quantitative estimate of drug-likeness (QED) is 0.831. The maximum Gasteiger partial charge on any atom is 0.406 e. The zero-order chi connectivity index (χ0) is 14.5. The number of hydrogen-bond donors (Lipinski definition) is 1. The van der Waals surface area contributed by atoms with E-state index in [4.69, 9.17) is 9.84 Å². The van der Waals surface area contributed by atoms with E-state index in [1.54, 1.807) is 0 Å². The molecule has 1 N–H and O–H groups in total. The van der Waals surface area contributed by atoms with Crippen LogP contribution < -0.4 is 0 Å². The third-order valence-electron chi connectivity index (χ3n) is 2.46. The van der Waals surface area contributed by atoms with Crippen LogP contribution in [0.25, 0.3) is 0 Å². The lowest BCUT2D eigenvalue weighted by Crippen LogP contribution is -2.49. The normalized spacial score (nSPS) is 16.9. The summed E-state index contributed by atoms with van der Waals surface area (Å²) < 4.78 is 42.1. The molecule has 9 heteroatoms. The van der Waals surface area contributed by atoms with Crippen LogP contribution in [0, 0.1) is 0 Å². The molecule has 0 aromatic carbocycles. The first-order chi connectivity index (χ1) is 8.79. The lowest BCUT2D eigenvalue weighted by atomic mass is 10.4. The van der Waals surface area contributed by atoms with Crippen molar-refractivity contribution >= 4 is 12.0 Å². The van der Waals surface area contributed by atoms with Crippen molar-refractivity contribution < 1.29 is 32.6 Å². The number of halogens is 3. The Kier molecular flexibility index (Phi) is 5.40. The number of aliphatic carboxylic acids is 1. The van der Waals surface area contributed by atoms with E-state index in [2.05, 4.69) is 0 Å². The second-order valence-electron chi connectivity index (χ2n) is 4.10. The van der Waals surface area contributed by atoms with Gasteiger partial charge in [0.05, 0.1) is 6.61 Å². The van der Waals surface area contributed by atoms with Gasteiger partial charge in [-0.05, 0) is 6.42 Å². The largest absolute Gasteiger partial charge is 0.480 e. The number of amides is 2. The molecule has 19 heavy (non-hydrogen) atoms. The van der Waals surface area contributed by atoms with Gasteiger partial charge in [0.2, 0.25) is 0 Å². The number of carbonyl (C=O) groups is 2. The standard InChI is InChI=1S/C10H15F3N2O4/c11-10(12,13)7-15(6-8(16)17)9(18)14-2-1-4-19-5-3-14/h1-7H2,(H,16,17). The molecular weight excluding hydrogens is 269 g/mol. The minimum absolute atomic E-state index is 0.160. The Morgan fingerprint density at radius 3 is 2.53 bits per heavy atom. The summed E-state index contributed by atoms with van der Waals surface area (Å²) in [5.74, 6) is -1.48. The highest BCUT2D eigenvalue weighted by Crippen LogP contribution is 2.17. The van der Waals surface area contributed by atoms with Gasteiger partial charge >= 0.3 is 18.2 Å². The lowest BCUT2D eigenvalue weighted by Gasteiger charge is -2.29. The predicted octanol–water partition coefficient (Wildman–Crippen LogP) is 0.778. The molecular formula is C10H15F3N2O4. The summed E-state index contributed by atoms with van der Waals surface area (Å²) >= 11 is 0. The van der Waals surface area contributed by atoms with E-state index in [-0.39, 0.29) is 24.6 Å². The van der Waals surface area contributed by atoms with E-state index in [1.165, 1.54) is 4.90 Å². The number of carbonyl (C=O) groups excluding carboxylic acids is 1. The third-order valence-corrected chi connectivity index (χ3v) is 2.46. The molecule has 110 valence electrons. The van der Waals surface area contributed by atoms with Gasteiger partial charge in [0.15, 0.2) is 0 Å². The predicted molar refractivity (Wildman–Crippen MR) is 57.7 cm³/mol. The SMILES string of the molecule is O=C(O)CN(CC(F)(F)F)C(=O)N1CCCOCC1. The minimum atomic E-state index is -4.63. The Labute approximate surface area is 107 Å². The highest BCUT2D eigenvalue weighted by molar-refractivity contribution is 5.80. The number of hydrogen-bond acceptors (Lipinski definition) is 3. The third kappa shape index (κ3) is 5.77. The van der Waals surface area contributed by atoms with E-state index in [0.29, 0.717) is 13.0 Å². The number of rotatable bonds is 3. The van der Waals surface area contributed by atoms with E-state index in [0.717, 1.165) is 0 Å². The molecule has 1 rings (SSSR count). The van der Waals surface area contributed by atoms with Gasteiger partial charge in [0.1, 0.15) is 13.1 Å². The molecule has 0 atom stereocenters. The fourth-order valence-corrected chi connectivity index (χ4v) is 1.71. The summed E-state index contributed by atoms with van der Waals surface area (Å²) in [7, 11) is 0. The molecule has 0 aromatic heterocycles. The van der Waals surface area contributed by atoms with Crippen molar-refractivity contribution in [3.05, 3.63) is 0 Å². The van der Waals surface area contributed by atoms with Crippen molar-refractivity contribution in [2.24, 2.45) is 0 Å². The lowest BCUT2D eigenvalue weighted by molar-refractivity contribution is -0.149. The molecule has 1 fully saturated rings. The van der Waals surface area contributed by atoms with Crippen molar-refractivity contribution in [2.75, 3.05) is 39.4 Å². The number of carboxylic acids is 1. The Hall–Kier alpha value is -1.51. The van der Waals surface area contributed by atoms with Crippen molar-refractivity contribution in [1.82, 2.24) is 9.80 Å². The van der Waals surface area contributed by atoms with E-state index < -0.39 is 31.3 Å². The first-order valence-electron chi connectivity index (χ1n) is 5.70. The summed E-state index contributed by atoms with van der Waals surface area (Å²) in [6.45, 7) is -1.47.